The van der Waals surface area contributed by atoms with E-state index in [0.717, 1.165) is 32.4 Å². The Balaban J connectivity index is 2.54. The van der Waals surface area contributed by atoms with Crippen molar-refractivity contribution in [2.75, 3.05) is 40.8 Å². The molecule has 0 aromatic rings. The minimum absolute atomic E-state index is 0.0296. The van der Waals surface area contributed by atoms with Crippen molar-refractivity contribution < 1.29 is 14.7 Å². The van der Waals surface area contributed by atoms with Gasteiger partial charge in [-0.05, 0) is 39.8 Å². The van der Waals surface area contributed by atoms with E-state index in [2.05, 4.69) is 0 Å². The highest BCUT2D eigenvalue weighted by molar-refractivity contribution is 5.74. The number of likely N-dealkylation sites (N-methyl/N-ethyl adjacent to an activating group) is 2. The van der Waals surface area contributed by atoms with Crippen LogP contribution in [0.3, 0.4) is 0 Å². The highest BCUT2D eigenvalue weighted by Gasteiger charge is 2.28. The zero-order valence-corrected chi connectivity index (χ0v) is 12.8. The van der Waals surface area contributed by atoms with Crippen LogP contribution in [0, 0.1) is 0 Å². The van der Waals surface area contributed by atoms with Crippen molar-refractivity contribution in [3.05, 3.63) is 0 Å². The van der Waals surface area contributed by atoms with Crippen LogP contribution in [-0.2, 0) is 4.79 Å². The van der Waals surface area contributed by atoms with E-state index in [1.165, 1.54) is 0 Å². The Bertz CT molecular complexity index is 334. The lowest BCUT2D eigenvalue weighted by Gasteiger charge is -2.38. The van der Waals surface area contributed by atoms with E-state index < -0.39 is 5.97 Å². The Morgan fingerprint density at radius 3 is 2.50 bits per heavy atom. The minimum Gasteiger partial charge on any atom is -0.481 e. The maximum absolute atomic E-state index is 12.5. The molecule has 0 radical (unpaired) electrons. The normalized spacial score (nSPS) is 19.2. The topological polar surface area (TPSA) is 64.1 Å². The molecule has 1 unspecified atom stereocenters. The highest BCUT2D eigenvalue weighted by atomic mass is 16.4. The van der Waals surface area contributed by atoms with Crippen LogP contribution in [0.15, 0.2) is 0 Å². The second-order valence-electron chi connectivity index (χ2n) is 5.78. The molecule has 1 saturated heterocycles. The van der Waals surface area contributed by atoms with Crippen LogP contribution < -0.4 is 0 Å². The van der Waals surface area contributed by atoms with Gasteiger partial charge in [0.25, 0.3) is 0 Å². The summed E-state index contributed by atoms with van der Waals surface area (Å²) in [6.45, 7) is 2.26. The molecule has 0 aromatic heterocycles. The molecule has 6 heteroatoms. The van der Waals surface area contributed by atoms with E-state index in [4.69, 9.17) is 5.11 Å². The molecule has 1 heterocycles. The Labute approximate surface area is 121 Å². The number of aliphatic carboxylic acids is 1. The second-order valence-corrected chi connectivity index (χ2v) is 5.78. The first kappa shape index (κ1) is 16.8. The lowest BCUT2D eigenvalue weighted by Crippen LogP contribution is -2.50. The van der Waals surface area contributed by atoms with E-state index in [1.54, 1.807) is 4.90 Å². The molecular formula is C14H27N3O3. The average molecular weight is 285 g/mol. The van der Waals surface area contributed by atoms with Gasteiger partial charge in [0.15, 0.2) is 0 Å². The lowest BCUT2D eigenvalue weighted by molar-refractivity contribution is -0.137. The van der Waals surface area contributed by atoms with Gasteiger partial charge in [0, 0.05) is 39.1 Å². The molecule has 20 heavy (non-hydrogen) atoms. The maximum Gasteiger partial charge on any atom is 0.320 e. The number of amides is 2. The summed E-state index contributed by atoms with van der Waals surface area (Å²) in [4.78, 5) is 28.8. The maximum atomic E-state index is 12.5. The number of carbonyl (C=O) groups excluding carboxylic acids is 1. The quantitative estimate of drug-likeness (QED) is 0.799. The molecular weight excluding hydrogens is 258 g/mol. The lowest BCUT2D eigenvalue weighted by atomic mass is 9.98. The first-order valence-electron chi connectivity index (χ1n) is 7.30. The third kappa shape index (κ3) is 5.36. The first-order valence-corrected chi connectivity index (χ1v) is 7.30. The van der Waals surface area contributed by atoms with E-state index >= 15 is 0 Å². The zero-order chi connectivity index (χ0) is 15.1. The molecule has 0 bridgehead atoms. The molecule has 1 fully saturated rings. The average Bonchev–Trinajstić information content (AvgIpc) is 2.41. The molecule has 0 aliphatic carbocycles. The van der Waals surface area contributed by atoms with Crippen LogP contribution in [0.2, 0.25) is 0 Å². The van der Waals surface area contributed by atoms with Crippen LogP contribution in [-0.4, -0.2) is 78.6 Å². The van der Waals surface area contributed by atoms with Crippen LogP contribution in [0.25, 0.3) is 0 Å². The molecule has 1 aliphatic rings. The number of urea groups is 1. The number of carboxylic acids is 1. The molecule has 2 amide bonds. The predicted octanol–water partition coefficient (Wildman–Crippen LogP) is 1.32. The summed E-state index contributed by atoms with van der Waals surface area (Å²) in [6, 6.07) is 0.107. The highest BCUT2D eigenvalue weighted by Crippen LogP contribution is 2.22. The fourth-order valence-corrected chi connectivity index (χ4v) is 2.51. The van der Waals surface area contributed by atoms with Gasteiger partial charge in [-0.3, -0.25) is 4.79 Å². The van der Waals surface area contributed by atoms with Crippen molar-refractivity contribution in [3.63, 3.8) is 0 Å². The van der Waals surface area contributed by atoms with Gasteiger partial charge in [0.2, 0.25) is 0 Å². The smallest absolute Gasteiger partial charge is 0.320 e. The molecule has 0 aromatic carbocycles. The number of carbonyl (C=O) groups is 2. The standard InChI is InChI=1S/C14H27N3O3/c1-15(2)10-11-16(3)14(20)17-9-5-4-6-12(17)7-8-13(18)19/h12H,4-11H2,1-3H3,(H,18,19). The van der Waals surface area contributed by atoms with Gasteiger partial charge in [-0.2, -0.15) is 0 Å². The van der Waals surface area contributed by atoms with Crippen LogP contribution in [0.5, 0.6) is 0 Å². The Hall–Kier alpha value is -1.30. The molecule has 1 aliphatic heterocycles. The third-order valence-electron chi connectivity index (χ3n) is 3.77. The summed E-state index contributed by atoms with van der Waals surface area (Å²) >= 11 is 0. The van der Waals surface area contributed by atoms with E-state index in [9.17, 15) is 9.59 Å². The van der Waals surface area contributed by atoms with Crippen molar-refractivity contribution in [3.8, 4) is 0 Å². The summed E-state index contributed by atoms with van der Waals surface area (Å²) in [7, 11) is 5.78. The zero-order valence-electron chi connectivity index (χ0n) is 12.8. The van der Waals surface area contributed by atoms with Gasteiger partial charge in [-0.15, -0.1) is 0 Å². The van der Waals surface area contributed by atoms with Gasteiger partial charge >= 0.3 is 12.0 Å². The van der Waals surface area contributed by atoms with Crippen LogP contribution >= 0.6 is 0 Å². The summed E-state index contributed by atoms with van der Waals surface area (Å²) < 4.78 is 0. The fourth-order valence-electron chi connectivity index (χ4n) is 2.51. The van der Waals surface area contributed by atoms with Crippen molar-refractivity contribution in [2.24, 2.45) is 0 Å². The summed E-state index contributed by atoms with van der Waals surface area (Å²) in [5.74, 6) is -0.788. The number of carboxylic acid groups (broad SMARTS) is 1. The van der Waals surface area contributed by atoms with Gasteiger partial charge in [0.05, 0.1) is 0 Å². The van der Waals surface area contributed by atoms with Crippen LogP contribution in [0.1, 0.15) is 32.1 Å². The molecule has 0 saturated carbocycles. The van der Waals surface area contributed by atoms with E-state index in [1.807, 2.05) is 30.9 Å². The number of rotatable bonds is 6. The van der Waals surface area contributed by atoms with Crippen molar-refractivity contribution >= 4 is 12.0 Å². The number of likely N-dealkylation sites (tertiary alicyclic amines) is 1. The summed E-state index contributed by atoms with van der Waals surface area (Å²) in [5.41, 5.74) is 0. The molecule has 0 spiro atoms. The molecule has 1 N–H and O–H groups in total. The van der Waals surface area contributed by atoms with Crippen molar-refractivity contribution in [1.29, 1.82) is 0 Å². The third-order valence-corrected chi connectivity index (χ3v) is 3.77. The predicted molar refractivity (Wildman–Crippen MR) is 77.8 cm³/mol. The fraction of sp³-hybridized carbons (Fsp3) is 0.857. The Morgan fingerprint density at radius 1 is 1.20 bits per heavy atom. The van der Waals surface area contributed by atoms with Gasteiger partial charge in [-0.1, -0.05) is 0 Å². The van der Waals surface area contributed by atoms with Gasteiger partial charge < -0.3 is 19.8 Å². The SMILES string of the molecule is CN(C)CCN(C)C(=O)N1CCCCC1CCC(=O)O. The first-order chi connectivity index (χ1) is 9.41. The molecule has 1 atom stereocenters. The summed E-state index contributed by atoms with van der Waals surface area (Å²) in [6.07, 6.45) is 3.70. The number of piperidine rings is 1. The second kappa shape index (κ2) is 8.09. The van der Waals surface area contributed by atoms with Crippen molar-refractivity contribution in [1.82, 2.24) is 14.7 Å². The molecule has 6 nitrogen and oxygen atoms in total. The van der Waals surface area contributed by atoms with Gasteiger partial charge in [0.1, 0.15) is 0 Å². The largest absolute Gasteiger partial charge is 0.481 e. The summed E-state index contributed by atoms with van der Waals surface area (Å²) in [5, 5.41) is 8.80. The number of nitrogens with zero attached hydrogens (tertiary/aromatic N) is 3. The Kier molecular flexibility index (Phi) is 6.78. The Morgan fingerprint density at radius 2 is 1.90 bits per heavy atom. The minimum atomic E-state index is -0.788. The molecule has 116 valence electrons. The van der Waals surface area contributed by atoms with Gasteiger partial charge in [-0.25, -0.2) is 4.79 Å². The van der Waals surface area contributed by atoms with Crippen molar-refractivity contribution in [2.45, 2.75) is 38.1 Å². The van der Waals surface area contributed by atoms with Crippen LogP contribution in [0.4, 0.5) is 4.79 Å². The van der Waals surface area contributed by atoms with E-state index in [0.29, 0.717) is 13.0 Å². The molecule has 1 rings (SSSR count). The van der Waals surface area contributed by atoms with E-state index in [-0.39, 0.29) is 18.5 Å². The monoisotopic (exact) mass is 285 g/mol. The number of hydrogen-bond donors (Lipinski definition) is 1. The number of hydrogen-bond acceptors (Lipinski definition) is 3.